The Morgan fingerprint density at radius 1 is 0.844 bits per heavy atom. The molecule has 154 valence electrons. The fourth-order valence-electron chi connectivity index (χ4n) is 4.23. The van der Waals surface area contributed by atoms with Crippen LogP contribution in [0.25, 0.3) is 43.8 Å². The molecule has 32 heavy (non-hydrogen) atoms. The Kier molecular flexibility index (Phi) is 4.32. The predicted molar refractivity (Wildman–Crippen MR) is 127 cm³/mol. The summed E-state index contributed by atoms with van der Waals surface area (Å²) in [7, 11) is 0. The van der Waals surface area contributed by atoms with E-state index in [2.05, 4.69) is 17.2 Å². The molecule has 0 atom stereocenters. The quantitative estimate of drug-likeness (QED) is 0.375. The number of rotatable bonds is 4. The summed E-state index contributed by atoms with van der Waals surface area (Å²) in [6.07, 6.45) is 4.08. The number of hydrogen-bond donors (Lipinski definition) is 0. The molecule has 3 aromatic carbocycles. The van der Waals surface area contributed by atoms with E-state index in [4.69, 9.17) is 9.40 Å². The van der Waals surface area contributed by atoms with Crippen molar-refractivity contribution in [3.63, 3.8) is 0 Å². The van der Waals surface area contributed by atoms with Gasteiger partial charge in [-0.1, -0.05) is 48.5 Å². The van der Waals surface area contributed by atoms with Crippen molar-refractivity contribution in [3.8, 4) is 11.1 Å². The number of fused-ring (bicyclic) bond motifs is 3. The molecular weight excluding hydrogens is 398 g/mol. The first kappa shape index (κ1) is 18.5. The second-order valence-corrected chi connectivity index (χ2v) is 7.86. The van der Waals surface area contributed by atoms with Gasteiger partial charge in [-0.15, -0.1) is 0 Å². The zero-order chi connectivity index (χ0) is 21.5. The number of nitrogens with zero attached hydrogens (tertiary/aromatic N) is 3. The van der Waals surface area contributed by atoms with Gasteiger partial charge in [0.25, 0.3) is 5.56 Å². The summed E-state index contributed by atoms with van der Waals surface area (Å²) in [5.41, 5.74) is 4.52. The third-order valence-electron chi connectivity index (χ3n) is 5.88. The van der Waals surface area contributed by atoms with Crippen LogP contribution in [0, 0.1) is 0 Å². The average Bonchev–Trinajstić information content (AvgIpc) is 3.31. The lowest BCUT2D eigenvalue weighted by Crippen LogP contribution is -2.24. The SMILES string of the molecule is O=c1c2c(-c3ccc4occc4c3)cccc2cnn1CCc1ccc2ccccc2n1. The van der Waals surface area contributed by atoms with Crippen LogP contribution in [0.1, 0.15) is 5.69 Å². The van der Waals surface area contributed by atoms with E-state index < -0.39 is 0 Å². The fourth-order valence-corrected chi connectivity index (χ4v) is 4.23. The van der Waals surface area contributed by atoms with Crippen LogP contribution in [0.15, 0.2) is 101 Å². The molecule has 5 nitrogen and oxygen atoms in total. The van der Waals surface area contributed by atoms with Gasteiger partial charge < -0.3 is 4.42 Å². The maximum absolute atomic E-state index is 13.4. The highest BCUT2D eigenvalue weighted by Crippen LogP contribution is 2.29. The van der Waals surface area contributed by atoms with Gasteiger partial charge in [0.2, 0.25) is 0 Å². The number of aromatic nitrogens is 3. The topological polar surface area (TPSA) is 60.9 Å². The van der Waals surface area contributed by atoms with Crippen molar-refractivity contribution in [1.82, 2.24) is 14.8 Å². The standard InChI is InChI=1S/C27H19N3O2/c31-27-26-21(5-3-6-23(26)19-9-11-25-20(16-19)13-15-32-25)17-28-30(27)14-12-22-10-8-18-4-1-2-7-24(18)29-22/h1-11,13,15-17H,12,14H2. The van der Waals surface area contributed by atoms with Crippen LogP contribution in [0.3, 0.4) is 0 Å². The summed E-state index contributed by atoms with van der Waals surface area (Å²) in [5.74, 6) is 0. The highest BCUT2D eigenvalue weighted by Gasteiger charge is 2.12. The summed E-state index contributed by atoms with van der Waals surface area (Å²) in [6, 6.07) is 25.9. The van der Waals surface area contributed by atoms with Crippen molar-refractivity contribution < 1.29 is 4.42 Å². The molecule has 0 aliphatic rings. The van der Waals surface area contributed by atoms with Crippen molar-refractivity contribution >= 4 is 32.6 Å². The monoisotopic (exact) mass is 417 g/mol. The second-order valence-electron chi connectivity index (χ2n) is 7.86. The molecule has 0 saturated heterocycles. The van der Waals surface area contributed by atoms with Gasteiger partial charge in [-0.2, -0.15) is 5.10 Å². The molecule has 0 unspecified atom stereocenters. The van der Waals surface area contributed by atoms with E-state index in [9.17, 15) is 4.79 Å². The Morgan fingerprint density at radius 2 is 1.75 bits per heavy atom. The first-order chi connectivity index (χ1) is 15.8. The van der Waals surface area contributed by atoms with Gasteiger partial charge >= 0.3 is 0 Å². The van der Waals surface area contributed by atoms with Crippen molar-refractivity contribution in [1.29, 1.82) is 0 Å². The van der Waals surface area contributed by atoms with Gasteiger partial charge in [0, 0.05) is 28.3 Å². The van der Waals surface area contributed by atoms with Gasteiger partial charge in [0.1, 0.15) is 5.58 Å². The van der Waals surface area contributed by atoms with Crippen LogP contribution >= 0.6 is 0 Å². The molecule has 0 saturated carbocycles. The minimum atomic E-state index is -0.0915. The Bertz CT molecular complexity index is 1660. The molecule has 0 aliphatic heterocycles. The lowest BCUT2D eigenvalue weighted by Gasteiger charge is -2.10. The maximum Gasteiger partial charge on any atom is 0.275 e. The van der Waals surface area contributed by atoms with E-state index in [0.29, 0.717) is 18.4 Å². The molecule has 0 spiro atoms. The van der Waals surface area contributed by atoms with E-state index >= 15 is 0 Å². The number of pyridine rings is 1. The smallest absolute Gasteiger partial charge is 0.275 e. The average molecular weight is 417 g/mol. The Morgan fingerprint density at radius 3 is 2.72 bits per heavy atom. The van der Waals surface area contributed by atoms with Gasteiger partial charge in [0.05, 0.1) is 29.9 Å². The van der Waals surface area contributed by atoms with E-state index in [-0.39, 0.29) is 5.56 Å². The van der Waals surface area contributed by atoms with Crippen LogP contribution in [0.4, 0.5) is 0 Å². The normalized spacial score (nSPS) is 11.5. The van der Waals surface area contributed by atoms with Gasteiger partial charge in [-0.05, 0) is 41.5 Å². The third-order valence-corrected chi connectivity index (χ3v) is 5.88. The van der Waals surface area contributed by atoms with Crippen LogP contribution in [-0.2, 0) is 13.0 Å². The highest BCUT2D eigenvalue weighted by molar-refractivity contribution is 5.97. The summed E-state index contributed by atoms with van der Waals surface area (Å²) < 4.78 is 7.00. The minimum absolute atomic E-state index is 0.0915. The first-order valence-electron chi connectivity index (χ1n) is 10.6. The zero-order valence-electron chi connectivity index (χ0n) is 17.2. The molecule has 5 heteroatoms. The molecule has 0 fully saturated rings. The van der Waals surface area contributed by atoms with E-state index in [1.165, 1.54) is 0 Å². The number of furan rings is 1. The summed E-state index contributed by atoms with van der Waals surface area (Å²) >= 11 is 0. The van der Waals surface area contributed by atoms with Crippen molar-refractivity contribution in [2.75, 3.05) is 0 Å². The zero-order valence-corrected chi connectivity index (χ0v) is 17.2. The molecule has 0 aliphatic carbocycles. The molecular formula is C27H19N3O2. The third kappa shape index (κ3) is 3.15. The second kappa shape index (κ2) is 7.46. The van der Waals surface area contributed by atoms with Crippen molar-refractivity contribution in [3.05, 3.63) is 107 Å². The van der Waals surface area contributed by atoms with Crippen LogP contribution < -0.4 is 5.56 Å². The molecule has 0 radical (unpaired) electrons. The number of benzene rings is 3. The first-order valence-corrected chi connectivity index (χ1v) is 10.6. The lowest BCUT2D eigenvalue weighted by molar-refractivity contribution is 0.580. The predicted octanol–water partition coefficient (Wildman–Crippen LogP) is 5.60. The van der Waals surface area contributed by atoms with Gasteiger partial charge in [-0.3, -0.25) is 9.78 Å². The molecule has 0 amide bonds. The summed E-state index contributed by atoms with van der Waals surface area (Å²) in [6.45, 7) is 0.467. The van der Waals surface area contributed by atoms with Crippen molar-refractivity contribution in [2.45, 2.75) is 13.0 Å². The lowest BCUT2D eigenvalue weighted by atomic mass is 9.99. The van der Waals surface area contributed by atoms with E-state index in [1.54, 1.807) is 17.1 Å². The Hall–Kier alpha value is -4.25. The van der Waals surface area contributed by atoms with E-state index in [0.717, 1.165) is 44.1 Å². The highest BCUT2D eigenvalue weighted by atomic mass is 16.3. The largest absolute Gasteiger partial charge is 0.464 e. The maximum atomic E-state index is 13.4. The number of para-hydroxylation sites is 1. The molecule has 0 N–H and O–H groups in total. The summed E-state index contributed by atoms with van der Waals surface area (Å²) in [4.78, 5) is 18.2. The molecule has 6 aromatic rings. The molecule has 0 bridgehead atoms. The Balaban J connectivity index is 1.39. The molecule has 6 rings (SSSR count). The number of hydrogen-bond acceptors (Lipinski definition) is 4. The summed E-state index contributed by atoms with van der Waals surface area (Å²) in [5, 5.41) is 8.05. The van der Waals surface area contributed by atoms with Crippen molar-refractivity contribution in [2.24, 2.45) is 0 Å². The van der Waals surface area contributed by atoms with Crippen LogP contribution in [-0.4, -0.2) is 14.8 Å². The van der Waals surface area contributed by atoms with Crippen LogP contribution in [0.2, 0.25) is 0 Å². The van der Waals surface area contributed by atoms with Gasteiger partial charge in [-0.25, -0.2) is 4.68 Å². The fraction of sp³-hybridized carbons (Fsp3) is 0.0741. The van der Waals surface area contributed by atoms with E-state index in [1.807, 2.05) is 66.7 Å². The van der Waals surface area contributed by atoms with Gasteiger partial charge in [0.15, 0.2) is 0 Å². The number of aryl methyl sites for hydroxylation is 2. The Labute approximate surface area is 183 Å². The molecule has 3 aromatic heterocycles. The molecule has 3 heterocycles. The minimum Gasteiger partial charge on any atom is -0.464 e. The van der Waals surface area contributed by atoms with Crippen LogP contribution in [0.5, 0.6) is 0 Å².